The van der Waals surface area contributed by atoms with Crippen LogP contribution in [-0.2, 0) is 19.1 Å². The van der Waals surface area contributed by atoms with E-state index in [-0.39, 0.29) is 0 Å². The minimum atomic E-state index is -3.00. The van der Waals surface area contributed by atoms with Crippen LogP contribution >= 0.6 is 0 Å². The van der Waals surface area contributed by atoms with Gasteiger partial charge in [0, 0.05) is 0 Å². The van der Waals surface area contributed by atoms with Gasteiger partial charge in [0.05, 0.1) is 12.8 Å². The minimum absolute atomic E-state index is 1.32. The number of aliphatic hydroxyl groups excluding tert-OH is 5. The maximum absolute atomic E-state index is 11.7. The number of aliphatic hydroxyl groups is 6. The summed E-state index contributed by atoms with van der Waals surface area (Å²) < 4.78 is 4.55. The summed E-state index contributed by atoms with van der Waals surface area (Å²) in [6.07, 6.45) is -14.5. The molecule has 7 atom stereocenters. The Bertz CT molecular complexity index is 490. The highest BCUT2D eigenvalue weighted by Crippen LogP contribution is 2.25. The van der Waals surface area contributed by atoms with Gasteiger partial charge in [0.15, 0.2) is 11.7 Å². The summed E-state index contributed by atoms with van der Waals surface area (Å²) >= 11 is 0. The highest BCUT2D eigenvalue weighted by molar-refractivity contribution is 5.88. The van der Waals surface area contributed by atoms with Gasteiger partial charge >= 0.3 is 17.9 Å². The molecule has 1 aliphatic rings. The van der Waals surface area contributed by atoms with Crippen LogP contribution in [0, 0.1) is 0 Å². The maximum Gasteiger partial charge on any atom is 0.336 e. The molecule has 0 amide bonds. The molecule has 0 aliphatic heterocycles. The molecule has 0 radical (unpaired) electrons. The molecule has 8 N–H and O–H groups in total. The van der Waals surface area contributed by atoms with E-state index in [9.17, 15) is 45.0 Å². The van der Waals surface area contributed by atoms with Crippen molar-refractivity contribution in [3.63, 3.8) is 0 Å². The molecule has 0 saturated heterocycles. The SMILES string of the molecule is O=C(O)CC(O)(CC(=O)O[C@@H]1[C@@H](O)[C@H](O)[C@@H](O)[C@H](O)[C@@H]1O)C(=O)O. The van der Waals surface area contributed by atoms with E-state index in [0.29, 0.717) is 0 Å². The average Bonchev–Trinajstić information content (AvgIpc) is 2.46. The van der Waals surface area contributed by atoms with Gasteiger partial charge in [0.2, 0.25) is 0 Å². The molecule has 1 saturated carbocycles. The van der Waals surface area contributed by atoms with Gasteiger partial charge in [0.25, 0.3) is 0 Å². The van der Waals surface area contributed by atoms with E-state index >= 15 is 0 Å². The first-order valence-electron chi connectivity index (χ1n) is 6.68. The van der Waals surface area contributed by atoms with Crippen molar-refractivity contribution in [3.05, 3.63) is 0 Å². The molecule has 12 nitrogen and oxygen atoms in total. The first-order chi connectivity index (χ1) is 10.9. The third kappa shape index (κ3) is 4.17. The van der Waals surface area contributed by atoms with Crippen molar-refractivity contribution in [2.24, 2.45) is 0 Å². The third-order valence-corrected chi connectivity index (χ3v) is 3.62. The van der Waals surface area contributed by atoms with Gasteiger partial charge in [-0.25, -0.2) is 4.79 Å². The van der Waals surface area contributed by atoms with Crippen molar-refractivity contribution in [2.45, 2.75) is 55.1 Å². The molecule has 138 valence electrons. The van der Waals surface area contributed by atoms with Crippen molar-refractivity contribution < 1.29 is 60.0 Å². The summed E-state index contributed by atoms with van der Waals surface area (Å²) in [5.74, 6) is -5.23. The molecule has 0 aromatic carbocycles. The van der Waals surface area contributed by atoms with Crippen molar-refractivity contribution in [1.82, 2.24) is 0 Å². The first-order valence-corrected chi connectivity index (χ1v) is 6.68. The van der Waals surface area contributed by atoms with Gasteiger partial charge in [-0.05, 0) is 0 Å². The zero-order valence-electron chi connectivity index (χ0n) is 12.1. The Kier molecular flexibility index (Phi) is 6.21. The Labute approximate surface area is 134 Å². The van der Waals surface area contributed by atoms with Crippen molar-refractivity contribution in [3.8, 4) is 0 Å². The van der Waals surface area contributed by atoms with Crippen LogP contribution in [0.4, 0.5) is 0 Å². The Morgan fingerprint density at radius 2 is 1.21 bits per heavy atom. The fraction of sp³-hybridized carbons (Fsp3) is 0.750. The Morgan fingerprint density at radius 3 is 1.58 bits per heavy atom. The Hall–Kier alpha value is -1.83. The number of hydrogen-bond acceptors (Lipinski definition) is 10. The van der Waals surface area contributed by atoms with Crippen LogP contribution < -0.4 is 0 Å². The quantitative estimate of drug-likeness (QED) is 0.211. The largest absolute Gasteiger partial charge is 0.481 e. The second-order valence-electron chi connectivity index (χ2n) is 5.49. The molecular weight excluding hydrogens is 336 g/mol. The van der Waals surface area contributed by atoms with E-state index in [4.69, 9.17) is 10.2 Å². The lowest BCUT2D eigenvalue weighted by Gasteiger charge is -2.41. The normalized spacial score (nSPS) is 35.8. The molecule has 1 aliphatic carbocycles. The Morgan fingerprint density at radius 1 is 0.792 bits per heavy atom. The van der Waals surface area contributed by atoms with E-state index in [0.717, 1.165) is 0 Å². The Balaban J connectivity index is 2.85. The van der Waals surface area contributed by atoms with E-state index < -0.39 is 73.0 Å². The molecule has 1 rings (SSSR count). The molecule has 1 fully saturated rings. The molecule has 12 heteroatoms. The van der Waals surface area contributed by atoms with Crippen LogP contribution in [0.25, 0.3) is 0 Å². The minimum Gasteiger partial charge on any atom is -0.481 e. The van der Waals surface area contributed by atoms with Gasteiger partial charge in [0.1, 0.15) is 30.5 Å². The molecule has 0 spiro atoms. The van der Waals surface area contributed by atoms with Crippen molar-refractivity contribution in [1.29, 1.82) is 0 Å². The van der Waals surface area contributed by atoms with E-state index in [2.05, 4.69) is 4.74 Å². The summed E-state index contributed by atoms with van der Waals surface area (Å²) in [6.45, 7) is 0. The molecule has 24 heavy (non-hydrogen) atoms. The predicted molar refractivity (Wildman–Crippen MR) is 69.4 cm³/mol. The van der Waals surface area contributed by atoms with E-state index in [1.807, 2.05) is 0 Å². The predicted octanol–water partition coefficient (Wildman–Crippen LogP) is -4.60. The number of esters is 1. The standard InChI is InChI=1S/C12H18O12/c13-3(14)1-12(23,11(21)22)2-4(15)24-10-8(19)6(17)5(16)7(18)9(10)20/h5-10,16-20,23H,1-2H2,(H,13,14)(H,21,22)/t5-,6-,7+,8-,9-,10-,12?/m0/s1. The van der Waals surface area contributed by atoms with Crippen LogP contribution in [0.3, 0.4) is 0 Å². The van der Waals surface area contributed by atoms with Crippen LogP contribution in [0.1, 0.15) is 12.8 Å². The lowest BCUT2D eigenvalue weighted by molar-refractivity contribution is -0.235. The van der Waals surface area contributed by atoms with Gasteiger partial charge < -0.3 is 45.6 Å². The number of hydrogen-bond donors (Lipinski definition) is 8. The molecule has 0 heterocycles. The van der Waals surface area contributed by atoms with Gasteiger partial charge in [-0.2, -0.15) is 0 Å². The number of aliphatic carboxylic acids is 2. The average molecular weight is 354 g/mol. The van der Waals surface area contributed by atoms with Crippen LogP contribution in [0.15, 0.2) is 0 Å². The summed E-state index contributed by atoms with van der Waals surface area (Å²) in [6, 6.07) is 0. The molecule has 0 aromatic heterocycles. The highest BCUT2D eigenvalue weighted by atomic mass is 16.6. The number of carbonyl (C=O) groups is 3. The molecule has 1 unspecified atom stereocenters. The zero-order valence-corrected chi connectivity index (χ0v) is 12.1. The van der Waals surface area contributed by atoms with Crippen LogP contribution in [-0.4, -0.2) is 101 Å². The monoisotopic (exact) mass is 354 g/mol. The van der Waals surface area contributed by atoms with E-state index in [1.165, 1.54) is 0 Å². The number of ether oxygens (including phenoxy) is 1. The maximum atomic E-state index is 11.7. The first kappa shape index (κ1) is 20.2. The summed E-state index contributed by atoms with van der Waals surface area (Å²) in [5, 5.41) is 74.7. The van der Waals surface area contributed by atoms with Gasteiger partial charge in [-0.3, -0.25) is 9.59 Å². The van der Waals surface area contributed by atoms with Crippen molar-refractivity contribution in [2.75, 3.05) is 0 Å². The summed E-state index contributed by atoms with van der Waals surface area (Å²) in [7, 11) is 0. The second-order valence-corrected chi connectivity index (χ2v) is 5.49. The number of rotatable bonds is 6. The number of carboxylic acids is 2. The smallest absolute Gasteiger partial charge is 0.336 e. The lowest BCUT2D eigenvalue weighted by Crippen LogP contribution is -2.64. The second kappa shape index (κ2) is 7.38. The molecular formula is C12H18O12. The third-order valence-electron chi connectivity index (χ3n) is 3.62. The molecule has 0 aromatic rings. The topological polar surface area (TPSA) is 222 Å². The van der Waals surface area contributed by atoms with Gasteiger partial charge in [-0.1, -0.05) is 0 Å². The van der Waals surface area contributed by atoms with Crippen molar-refractivity contribution >= 4 is 17.9 Å². The zero-order chi connectivity index (χ0) is 18.8. The lowest BCUT2D eigenvalue weighted by atomic mass is 9.85. The fourth-order valence-corrected chi connectivity index (χ4v) is 2.23. The highest BCUT2D eigenvalue weighted by Gasteiger charge is 2.51. The number of carboxylic acid groups (broad SMARTS) is 2. The van der Waals surface area contributed by atoms with Gasteiger partial charge in [-0.15, -0.1) is 0 Å². The van der Waals surface area contributed by atoms with Crippen LogP contribution in [0.5, 0.6) is 0 Å². The fourth-order valence-electron chi connectivity index (χ4n) is 2.23. The summed E-state index contributed by atoms with van der Waals surface area (Å²) in [5.41, 5.74) is -3.00. The number of carbonyl (C=O) groups excluding carboxylic acids is 1. The summed E-state index contributed by atoms with van der Waals surface area (Å²) in [4.78, 5) is 33.2. The van der Waals surface area contributed by atoms with Crippen LogP contribution in [0.2, 0.25) is 0 Å². The molecule has 0 bridgehead atoms. The van der Waals surface area contributed by atoms with E-state index in [1.54, 1.807) is 0 Å².